The van der Waals surface area contributed by atoms with Gasteiger partial charge in [0.2, 0.25) is 5.75 Å². The molecule has 0 radical (unpaired) electrons. The van der Waals surface area contributed by atoms with Crippen LogP contribution in [0.15, 0.2) is 42.5 Å². The molecule has 2 aromatic carbocycles. The van der Waals surface area contributed by atoms with Gasteiger partial charge in [0.15, 0.2) is 17.6 Å². The van der Waals surface area contributed by atoms with E-state index in [1.807, 2.05) is 37.3 Å². The standard InChI is InChI=1S/C22H27NO6/c1-6-23(17-10-8-7-9-11-17)22(25)15(2)29-20(24)14-16-12-18(26-3)21(28-5)19(13-16)27-4/h7-13,15H,6,14H2,1-5H3/t15-/m0/s1. The first kappa shape index (κ1) is 22.1. The van der Waals surface area contributed by atoms with E-state index in [9.17, 15) is 9.59 Å². The van der Waals surface area contributed by atoms with Crippen molar-refractivity contribution in [2.45, 2.75) is 26.4 Å². The highest BCUT2D eigenvalue weighted by Gasteiger charge is 2.24. The number of carbonyl (C=O) groups excluding carboxylic acids is 2. The molecule has 0 aliphatic rings. The van der Waals surface area contributed by atoms with Crippen LogP contribution in [0.3, 0.4) is 0 Å². The fourth-order valence-electron chi connectivity index (χ4n) is 2.99. The van der Waals surface area contributed by atoms with E-state index in [0.29, 0.717) is 29.4 Å². The monoisotopic (exact) mass is 401 g/mol. The van der Waals surface area contributed by atoms with Crippen molar-refractivity contribution in [2.75, 3.05) is 32.8 Å². The van der Waals surface area contributed by atoms with Crippen molar-refractivity contribution in [3.8, 4) is 17.2 Å². The number of benzene rings is 2. The molecule has 0 saturated heterocycles. The molecule has 2 rings (SSSR count). The Kier molecular flexibility index (Phi) is 7.88. The van der Waals surface area contributed by atoms with Crippen LogP contribution >= 0.6 is 0 Å². The van der Waals surface area contributed by atoms with Gasteiger partial charge in [-0.15, -0.1) is 0 Å². The molecule has 0 N–H and O–H groups in total. The van der Waals surface area contributed by atoms with E-state index in [4.69, 9.17) is 18.9 Å². The highest BCUT2D eigenvalue weighted by atomic mass is 16.5. The lowest BCUT2D eigenvalue weighted by molar-refractivity contribution is -0.153. The Balaban J connectivity index is 2.09. The van der Waals surface area contributed by atoms with Crippen LogP contribution in [-0.2, 0) is 20.7 Å². The summed E-state index contributed by atoms with van der Waals surface area (Å²) >= 11 is 0. The van der Waals surface area contributed by atoms with Gasteiger partial charge < -0.3 is 23.8 Å². The van der Waals surface area contributed by atoms with Crippen molar-refractivity contribution in [1.82, 2.24) is 0 Å². The SMILES string of the molecule is CCN(C(=O)[C@H](C)OC(=O)Cc1cc(OC)c(OC)c(OC)c1)c1ccccc1. The number of nitrogens with zero attached hydrogens (tertiary/aromatic N) is 1. The second kappa shape index (κ2) is 10.4. The normalized spacial score (nSPS) is 11.3. The highest BCUT2D eigenvalue weighted by Crippen LogP contribution is 2.38. The molecule has 0 bridgehead atoms. The first-order valence-corrected chi connectivity index (χ1v) is 9.29. The van der Waals surface area contributed by atoms with Crippen molar-refractivity contribution in [1.29, 1.82) is 0 Å². The Bertz CT molecular complexity index is 811. The molecule has 7 heteroatoms. The number of hydrogen-bond acceptors (Lipinski definition) is 6. The molecule has 1 amide bonds. The van der Waals surface area contributed by atoms with E-state index < -0.39 is 12.1 Å². The molecule has 0 fully saturated rings. The molecule has 1 atom stereocenters. The van der Waals surface area contributed by atoms with Crippen molar-refractivity contribution >= 4 is 17.6 Å². The third-order valence-electron chi connectivity index (χ3n) is 4.38. The minimum atomic E-state index is -0.912. The number of likely N-dealkylation sites (N-methyl/N-ethyl adjacent to an activating group) is 1. The lowest BCUT2D eigenvalue weighted by Crippen LogP contribution is -2.40. The maximum atomic E-state index is 12.7. The van der Waals surface area contributed by atoms with Gasteiger partial charge in [0, 0.05) is 12.2 Å². The zero-order valence-electron chi connectivity index (χ0n) is 17.4. The van der Waals surface area contributed by atoms with E-state index in [-0.39, 0.29) is 12.3 Å². The molecule has 156 valence electrons. The second-order valence-corrected chi connectivity index (χ2v) is 6.26. The Hall–Kier alpha value is -3.22. The quantitative estimate of drug-likeness (QED) is 0.601. The largest absolute Gasteiger partial charge is 0.493 e. The molecule has 0 aliphatic heterocycles. The Morgan fingerprint density at radius 2 is 1.55 bits per heavy atom. The summed E-state index contributed by atoms with van der Waals surface area (Å²) in [7, 11) is 4.51. The summed E-state index contributed by atoms with van der Waals surface area (Å²) in [5, 5.41) is 0. The number of carbonyl (C=O) groups is 2. The summed E-state index contributed by atoms with van der Waals surface area (Å²) in [5.41, 5.74) is 1.38. The zero-order valence-corrected chi connectivity index (χ0v) is 17.4. The van der Waals surface area contributed by atoms with Crippen LogP contribution in [-0.4, -0.2) is 45.9 Å². The fraction of sp³-hybridized carbons (Fsp3) is 0.364. The lowest BCUT2D eigenvalue weighted by atomic mass is 10.1. The van der Waals surface area contributed by atoms with E-state index in [1.165, 1.54) is 21.3 Å². The molecule has 7 nitrogen and oxygen atoms in total. The minimum Gasteiger partial charge on any atom is -0.493 e. The Morgan fingerprint density at radius 1 is 0.966 bits per heavy atom. The molecule has 0 aliphatic carbocycles. The van der Waals surface area contributed by atoms with Gasteiger partial charge in [-0.2, -0.15) is 0 Å². The molecule has 29 heavy (non-hydrogen) atoms. The fourth-order valence-corrected chi connectivity index (χ4v) is 2.99. The van der Waals surface area contributed by atoms with E-state index >= 15 is 0 Å². The maximum Gasteiger partial charge on any atom is 0.311 e. The number of methoxy groups -OCH3 is 3. The van der Waals surface area contributed by atoms with E-state index in [2.05, 4.69) is 0 Å². The van der Waals surface area contributed by atoms with Crippen molar-refractivity contribution in [2.24, 2.45) is 0 Å². The summed E-state index contributed by atoms with van der Waals surface area (Å²) in [6, 6.07) is 12.6. The first-order chi connectivity index (χ1) is 13.9. The third-order valence-corrected chi connectivity index (χ3v) is 4.38. The third kappa shape index (κ3) is 5.40. The van der Waals surface area contributed by atoms with E-state index in [1.54, 1.807) is 24.0 Å². The minimum absolute atomic E-state index is 0.0359. The first-order valence-electron chi connectivity index (χ1n) is 9.29. The van der Waals surface area contributed by atoms with Crippen LogP contribution in [0, 0.1) is 0 Å². The molecule has 0 aromatic heterocycles. The predicted molar refractivity (Wildman–Crippen MR) is 110 cm³/mol. The average molecular weight is 401 g/mol. The van der Waals surface area contributed by atoms with Crippen molar-refractivity contribution in [3.63, 3.8) is 0 Å². The van der Waals surface area contributed by atoms with Crippen molar-refractivity contribution < 1.29 is 28.5 Å². The van der Waals surface area contributed by atoms with Crippen LogP contribution in [0.2, 0.25) is 0 Å². The number of amides is 1. The topological polar surface area (TPSA) is 74.3 Å². The van der Waals surface area contributed by atoms with Crippen LogP contribution < -0.4 is 19.1 Å². The summed E-state index contributed by atoms with van der Waals surface area (Å²) in [6.45, 7) is 3.91. The number of para-hydroxylation sites is 1. The number of ether oxygens (including phenoxy) is 4. The van der Waals surface area contributed by atoms with Gasteiger partial charge in [0.1, 0.15) is 0 Å². The van der Waals surface area contributed by atoms with Gasteiger partial charge in [-0.1, -0.05) is 18.2 Å². The summed E-state index contributed by atoms with van der Waals surface area (Å²) in [6.07, 6.45) is -0.948. The van der Waals surface area contributed by atoms with Crippen LogP contribution in [0.4, 0.5) is 5.69 Å². The summed E-state index contributed by atoms with van der Waals surface area (Å²) < 4.78 is 21.3. The molecular formula is C22H27NO6. The maximum absolute atomic E-state index is 12.7. The number of rotatable bonds is 9. The molecule has 0 heterocycles. The lowest BCUT2D eigenvalue weighted by Gasteiger charge is -2.24. The number of hydrogen-bond donors (Lipinski definition) is 0. The molecule has 0 unspecified atom stereocenters. The second-order valence-electron chi connectivity index (χ2n) is 6.26. The van der Waals surface area contributed by atoms with Crippen molar-refractivity contribution in [3.05, 3.63) is 48.0 Å². The van der Waals surface area contributed by atoms with Gasteiger partial charge in [-0.05, 0) is 43.7 Å². The van der Waals surface area contributed by atoms with Gasteiger partial charge in [0.05, 0.1) is 27.8 Å². The van der Waals surface area contributed by atoms with Gasteiger partial charge in [-0.3, -0.25) is 9.59 Å². The van der Waals surface area contributed by atoms with Gasteiger partial charge in [0.25, 0.3) is 5.91 Å². The summed E-state index contributed by atoms with van der Waals surface area (Å²) in [5.74, 6) is 0.526. The predicted octanol–water partition coefficient (Wildman–Crippen LogP) is 3.24. The van der Waals surface area contributed by atoms with Gasteiger partial charge in [-0.25, -0.2) is 0 Å². The average Bonchev–Trinajstić information content (AvgIpc) is 2.73. The van der Waals surface area contributed by atoms with E-state index in [0.717, 1.165) is 5.69 Å². The highest BCUT2D eigenvalue weighted by molar-refractivity contribution is 5.97. The van der Waals surface area contributed by atoms with Crippen LogP contribution in [0.1, 0.15) is 19.4 Å². The molecular weight excluding hydrogens is 374 g/mol. The van der Waals surface area contributed by atoms with Crippen LogP contribution in [0.25, 0.3) is 0 Å². The Labute approximate surface area is 171 Å². The number of esters is 1. The van der Waals surface area contributed by atoms with Crippen LogP contribution in [0.5, 0.6) is 17.2 Å². The van der Waals surface area contributed by atoms with Gasteiger partial charge >= 0.3 is 5.97 Å². The number of anilines is 1. The zero-order chi connectivity index (χ0) is 21.4. The molecule has 2 aromatic rings. The summed E-state index contributed by atoms with van der Waals surface area (Å²) in [4.78, 5) is 26.7. The smallest absolute Gasteiger partial charge is 0.311 e. The molecule has 0 spiro atoms. The Morgan fingerprint density at radius 3 is 2.03 bits per heavy atom. The molecule has 0 saturated carbocycles.